The first-order chi connectivity index (χ1) is 5.07. The highest BCUT2D eigenvalue weighted by Crippen LogP contribution is 2.10. The normalized spacial score (nSPS) is 12.2. The first-order valence-corrected chi connectivity index (χ1v) is 3.96. The number of carboxylic acid groups (broad SMARTS) is 1. The zero-order valence-corrected chi connectivity index (χ0v) is 7.42. The molecule has 0 aliphatic rings. The molecule has 0 saturated heterocycles. The minimum atomic E-state index is -0.784. The summed E-state index contributed by atoms with van der Waals surface area (Å²) in [4.78, 5) is 10.5. The van der Waals surface area contributed by atoms with Crippen LogP contribution in [0.2, 0.25) is 0 Å². The highest BCUT2D eigenvalue weighted by Gasteiger charge is 2.05. The molecule has 0 saturated carbocycles. The van der Waals surface area contributed by atoms with Crippen LogP contribution in [0.4, 0.5) is 0 Å². The summed E-state index contributed by atoms with van der Waals surface area (Å²) < 4.78 is 0. The van der Waals surface area contributed by atoms with Gasteiger partial charge in [0.1, 0.15) is 0 Å². The summed E-state index contributed by atoms with van der Waals surface area (Å²) in [6.07, 6.45) is 3.31. The first-order valence-electron chi connectivity index (χ1n) is 3.96. The lowest BCUT2D eigenvalue weighted by molar-refractivity contribution is -0.132. The van der Waals surface area contributed by atoms with Crippen molar-refractivity contribution in [2.75, 3.05) is 0 Å². The summed E-state index contributed by atoms with van der Waals surface area (Å²) in [6, 6.07) is 0. The number of carboxylic acids is 1. The fraction of sp³-hybridized carbons (Fsp3) is 0.667. The van der Waals surface area contributed by atoms with Crippen molar-refractivity contribution in [3.63, 3.8) is 0 Å². The fourth-order valence-electron chi connectivity index (χ4n) is 0.819. The number of rotatable bonds is 4. The van der Waals surface area contributed by atoms with Crippen molar-refractivity contribution in [2.45, 2.75) is 33.6 Å². The Kier molecular flexibility index (Phi) is 4.59. The summed E-state index contributed by atoms with van der Waals surface area (Å²) in [6.45, 7) is 5.95. The number of hydrogen-bond donors (Lipinski definition) is 1. The quantitative estimate of drug-likeness (QED) is 0.635. The predicted molar refractivity (Wildman–Crippen MR) is 45.5 cm³/mol. The van der Waals surface area contributed by atoms with E-state index in [4.69, 9.17) is 5.11 Å². The Hall–Kier alpha value is -0.790. The van der Waals surface area contributed by atoms with E-state index >= 15 is 0 Å². The molecular formula is C9H16O2. The van der Waals surface area contributed by atoms with E-state index in [-0.39, 0.29) is 0 Å². The molecule has 0 radical (unpaired) electrons. The summed E-state index contributed by atoms with van der Waals surface area (Å²) in [7, 11) is 0. The van der Waals surface area contributed by atoms with Crippen molar-refractivity contribution in [3.8, 4) is 0 Å². The van der Waals surface area contributed by atoms with Crippen molar-refractivity contribution in [2.24, 2.45) is 5.92 Å². The third-order valence-corrected chi connectivity index (χ3v) is 1.61. The van der Waals surface area contributed by atoms with Gasteiger partial charge < -0.3 is 5.11 Å². The second-order valence-electron chi connectivity index (χ2n) is 3.05. The molecule has 0 aromatic carbocycles. The molecule has 0 atom stereocenters. The SMILES string of the molecule is C/C=C(\CCC(C)C)C(=O)O. The molecule has 0 aromatic rings. The highest BCUT2D eigenvalue weighted by molar-refractivity contribution is 5.86. The number of allylic oxidation sites excluding steroid dienone is 1. The van der Waals surface area contributed by atoms with Gasteiger partial charge in [0.25, 0.3) is 0 Å². The Morgan fingerprint density at radius 1 is 1.55 bits per heavy atom. The molecule has 1 N–H and O–H groups in total. The van der Waals surface area contributed by atoms with Gasteiger partial charge in [0.15, 0.2) is 0 Å². The van der Waals surface area contributed by atoms with E-state index in [1.807, 2.05) is 0 Å². The van der Waals surface area contributed by atoms with Crippen LogP contribution >= 0.6 is 0 Å². The Morgan fingerprint density at radius 2 is 2.09 bits per heavy atom. The van der Waals surface area contributed by atoms with E-state index in [9.17, 15) is 4.79 Å². The largest absolute Gasteiger partial charge is 0.478 e. The third-order valence-electron chi connectivity index (χ3n) is 1.61. The van der Waals surface area contributed by atoms with Crippen LogP contribution in [0.5, 0.6) is 0 Å². The molecule has 0 spiro atoms. The lowest BCUT2D eigenvalue weighted by Gasteiger charge is -2.03. The predicted octanol–water partition coefficient (Wildman–Crippen LogP) is 2.45. The second-order valence-corrected chi connectivity index (χ2v) is 3.05. The Morgan fingerprint density at radius 3 is 2.36 bits per heavy atom. The van der Waals surface area contributed by atoms with E-state index in [0.29, 0.717) is 17.9 Å². The van der Waals surface area contributed by atoms with Crippen molar-refractivity contribution >= 4 is 5.97 Å². The van der Waals surface area contributed by atoms with Crippen LogP contribution in [-0.4, -0.2) is 11.1 Å². The van der Waals surface area contributed by atoms with Crippen LogP contribution < -0.4 is 0 Å². The average molecular weight is 156 g/mol. The lowest BCUT2D eigenvalue weighted by atomic mass is 10.0. The van der Waals surface area contributed by atoms with Crippen LogP contribution in [0.25, 0.3) is 0 Å². The Bertz CT molecular complexity index is 157. The monoisotopic (exact) mass is 156 g/mol. The molecule has 11 heavy (non-hydrogen) atoms. The fourth-order valence-corrected chi connectivity index (χ4v) is 0.819. The van der Waals surface area contributed by atoms with E-state index in [1.54, 1.807) is 13.0 Å². The maximum atomic E-state index is 10.5. The van der Waals surface area contributed by atoms with Gasteiger partial charge in [-0.15, -0.1) is 0 Å². The van der Waals surface area contributed by atoms with Gasteiger partial charge >= 0.3 is 5.97 Å². The van der Waals surface area contributed by atoms with Gasteiger partial charge in [0, 0.05) is 5.57 Å². The van der Waals surface area contributed by atoms with Crippen molar-refractivity contribution in [1.29, 1.82) is 0 Å². The van der Waals surface area contributed by atoms with Crippen LogP contribution in [-0.2, 0) is 4.79 Å². The molecule has 0 aliphatic heterocycles. The van der Waals surface area contributed by atoms with Gasteiger partial charge in [-0.1, -0.05) is 19.9 Å². The van der Waals surface area contributed by atoms with E-state index in [2.05, 4.69) is 13.8 Å². The van der Waals surface area contributed by atoms with Gasteiger partial charge in [0.05, 0.1) is 0 Å². The maximum absolute atomic E-state index is 10.5. The van der Waals surface area contributed by atoms with E-state index < -0.39 is 5.97 Å². The smallest absolute Gasteiger partial charge is 0.331 e. The number of hydrogen-bond acceptors (Lipinski definition) is 1. The summed E-state index contributed by atoms with van der Waals surface area (Å²) in [5, 5.41) is 8.62. The molecule has 0 rings (SSSR count). The molecular weight excluding hydrogens is 140 g/mol. The third kappa shape index (κ3) is 4.59. The van der Waals surface area contributed by atoms with Gasteiger partial charge in [-0.3, -0.25) is 0 Å². The van der Waals surface area contributed by atoms with Gasteiger partial charge in [-0.25, -0.2) is 4.79 Å². The second kappa shape index (κ2) is 4.94. The van der Waals surface area contributed by atoms with Crippen LogP contribution in [0.1, 0.15) is 33.6 Å². The Labute approximate surface area is 67.9 Å². The summed E-state index contributed by atoms with van der Waals surface area (Å²) >= 11 is 0. The lowest BCUT2D eigenvalue weighted by Crippen LogP contribution is -2.01. The van der Waals surface area contributed by atoms with Gasteiger partial charge in [-0.05, 0) is 25.7 Å². The standard InChI is InChI=1S/C9H16O2/c1-4-8(9(10)11)6-5-7(2)3/h4,7H,5-6H2,1-3H3,(H,10,11)/b8-4+. The molecule has 0 amide bonds. The van der Waals surface area contributed by atoms with E-state index in [0.717, 1.165) is 6.42 Å². The molecule has 0 aliphatic carbocycles. The minimum Gasteiger partial charge on any atom is -0.478 e. The Balaban J connectivity index is 3.82. The maximum Gasteiger partial charge on any atom is 0.331 e. The molecule has 64 valence electrons. The van der Waals surface area contributed by atoms with Gasteiger partial charge in [0.2, 0.25) is 0 Å². The van der Waals surface area contributed by atoms with Crippen molar-refractivity contribution < 1.29 is 9.90 Å². The summed E-state index contributed by atoms with van der Waals surface area (Å²) in [5.41, 5.74) is 0.527. The highest BCUT2D eigenvalue weighted by atomic mass is 16.4. The van der Waals surface area contributed by atoms with Gasteiger partial charge in [-0.2, -0.15) is 0 Å². The molecule has 0 heterocycles. The van der Waals surface area contributed by atoms with Crippen LogP contribution in [0.15, 0.2) is 11.6 Å². The zero-order chi connectivity index (χ0) is 8.85. The van der Waals surface area contributed by atoms with Crippen LogP contribution in [0, 0.1) is 5.92 Å². The van der Waals surface area contributed by atoms with Crippen molar-refractivity contribution in [3.05, 3.63) is 11.6 Å². The minimum absolute atomic E-state index is 0.527. The zero-order valence-electron chi connectivity index (χ0n) is 7.42. The number of carbonyl (C=O) groups is 1. The molecule has 0 aromatic heterocycles. The van der Waals surface area contributed by atoms with Crippen molar-refractivity contribution in [1.82, 2.24) is 0 Å². The molecule has 0 bridgehead atoms. The number of aliphatic carboxylic acids is 1. The first kappa shape index (κ1) is 10.2. The van der Waals surface area contributed by atoms with Crippen LogP contribution in [0.3, 0.4) is 0 Å². The molecule has 0 unspecified atom stereocenters. The van der Waals surface area contributed by atoms with E-state index in [1.165, 1.54) is 0 Å². The summed E-state index contributed by atoms with van der Waals surface area (Å²) in [5.74, 6) is -0.211. The topological polar surface area (TPSA) is 37.3 Å². The molecule has 2 nitrogen and oxygen atoms in total. The molecule has 2 heteroatoms. The average Bonchev–Trinajstić information content (AvgIpc) is 1.87. The molecule has 0 fully saturated rings.